The van der Waals surface area contributed by atoms with Crippen LogP contribution in [-0.4, -0.2) is 97.2 Å². The van der Waals surface area contributed by atoms with E-state index in [0.717, 1.165) is 85.9 Å². The summed E-state index contributed by atoms with van der Waals surface area (Å²) >= 11 is 5.43. The first-order chi connectivity index (χ1) is 12.4. The maximum atomic E-state index is 5.38. The van der Waals surface area contributed by atoms with Gasteiger partial charge in [0.25, 0.3) is 0 Å². The van der Waals surface area contributed by atoms with Gasteiger partial charge in [-0.05, 0) is 25.9 Å². The van der Waals surface area contributed by atoms with Crippen molar-refractivity contribution in [3.05, 3.63) is 0 Å². The molecule has 2 saturated heterocycles. The minimum Gasteiger partial charge on any atom is -0.379 e. The van der Waals surface area contributed by atoms with Crippen LogP contribution in [0.2, 0.25) is 0 Å². The molecule has 0 aromatic carbocycles. The molecule has 0 radical (unpaired) electrons. The Labute approximate surface area is 163 Å². The number of hydrogen-bond acceptors (Lipinski definition) is 9. The van der Waals surface area contributed by atoms with Gasteiger partial charge in [-0.3, -0.25) is 9.80 Å². The van der Waals surface area contributed by atoms with Crippen molar-refractivity contribution >= 4 is 34.9 Å². The van der Waals surface area contributed by atoms with Crippen LogP contribution in [0.25, 0.3) is 0 Å². The summed E-state index contributed by atoms with van der Waals surface area (Å²) in [6.45, 7) is 10.2. The van der Waals surface area contributed by atoms with Crippen molar-refractivity contribution < 1.29 is 9.47 Å². The number of nitrogens with zero attached hydrogens (tertiary/aromatic N) is 4. The smallest absolute Gasteiger partial charge is 0.175 e. The standard InChI is InChI=1S/C16H28N4O2S3/c1(3-19-5-9-21-10-6-19)13-23-15-17-18-16(25-15)24-14-2-4-20-7-11-22-12-8-20/h1-14H2. The van der Waals surface area contributed by atoms with E-state index in [0.29, 0.717) is 0 Å². The molecule has 3 rings (SSSR count). The molecule has 0 atom stereocenters. The monoisotopic (exact) mass is 404 g/mol. The van der Waals surface area contributed by atoms with Gasteiger partial charge in [-0.25, -0.2) is 0 Å². The van der Waals surface area contributed by atoms with Gasteiger partial charge in [0, 0.05) is 37.7 Å². The lowest BCUT2D eigenvalue weighted by Gasteiger charge is -2.26. The Bertz CT molecular complexity index is 439. The predicted octanol–water partition coefficient (Wildman–Crippen LogP) is 2.17. The van der Waals surface area contributed by atoms with Crippen molar-refractivity contribution in [3.8, 4) is 0 Å². The molecule has 1 aromatic rings. The van der Waals surface area contributed by atoms with Gasteiger partial charge in [-0.1, -0.05) is 34.9 Å². The van der Waals surface area contributed by atoms with E-state index in [2.05, 4.69) is 20.0 Å². The Morgan fingerprint density at radius 3 is 1.64 bits per heavy atom. The number of ether oxygens (including phenoxy) is 2. The quantitative estimate of drug-likeness (QED) is 0.434. The zero-order chi connectivity index (χ0) is 17.2. The molecule has 0 amide bonds. The second-order valence-electron chi connectivity index (χ2n) is 6.15. The minimum absolute atomic E-state index is 0.885. The first-order valence-corrected chi connectivity index (χ1v) is 11.9. The van der Waals surface area contributed by atoms with Crippen LogP contribution in [0, 0.1) is 0 Å². The molecule has 0 aliphatic carbocycles. The Kier molecular flexibility index (Phi) is 9.32. The van der Waals surface area contributed by atoms with Gasteiger partial charge in [-0.15, -0.1) is 10.2 Å². The highest BCUT2D eigenvalue weighted by molar-refractivity contribution is 8.03. The summed E-state index contributed by atoms with van der Waals surface area (Å²) in [5.41, 5.74) is 0. The molecular formula is C16H28N4O2S3. The number of aromatic nitrogens is 2. The lowest BCUT2D eigenvalue weighted by atomic mass is 10.4. The first kappa shape index (κ1) is 19.9. The van der Waals surface area contributed by atoms with Gasteiger partial charge in [0.2, 0.25) is 0 Å². The topological polar surface area (TPSA) is 50.7 Å². The molecule has 0 saturated carbocycles. The highest BCUT2D eigenvalue weighted by Gasteiger charge is 2.11. The van der Waals surface area contributed by atoms with E-state index in [4.69, 9.17) is 9.47 Å². The Morgan fingerprint density at radius 2 is 1.20 bits per heavy atom. The van der Waals surface area contributed by atoms with E-state index in [1.165, 1.54) is 12.8 Å². The van der Waals surface area contributed by atoms with E-state index >= 15 is 0 Å². The van der Waals surface area contributed by atoms with Crippen LogP contribution in [0.4, 0.5) is 0 Å². The first-order valence-electron chi connectivity index (χ1n) is 9.09. The molecule has 2 aliphatic rings. The lowest BCUT2D eigenvalue weighted by Crippen LogP contribution is -2.36. The van der Waals surface area contributed by atoms with Gasteiger partial charge < -0.3 is 9.47 Å². The van der Waals surface area contributed by atoms with Gasteiger partial charge in [0.1, 0.15) is 0 Å². The van der Waals surface area contributed by atoms with Crippen molar-refractivity contribution in [2.24, 2.45) is 0 Å². The molecule has 0 N–H and O–H groups in total. The summed E-state index contributed by atoms with van der Waals surface area (Å²) in [5.74, 6) is 2.24. The molecule has 142 valence electrons. The predicted molar refractivity (Wildman–Crippen MR) is 105 cm³/mol. The zero-order valence-corrected chi connectivity index (χ0v) is 17.2. The van der Waals surface area contributed by atoms with Crippen molar-refractivity contribution in [1.82, 2.24) is 20.0 Å². The lowest BCUT2D eigenvalue weighted by molar-refractivity contribution is 0.0381. The van der Waals surface area contributed by atoms with E-state index in [1.54, 1.807) is 11.3 Å². The third-order valence-corrected chi connectivity index (χ3v) is 7.65. The van der Waals surface area contributed by atoms with Crippen LogP contribution >= 0.6 is 34.9 Å². The molecule has 2 aliphatic heterocycles. The van der Waals surface area contributed by atoms with Gasteiger partial charge in [0.05, 0.1) is 26.4 Å². The van der Waals surface area contributed by atoms with Crippen LogP contribution in [0.5, 0.6) is 0 Å². The highest BCUT2D eigenvalue weighted by Crippen LogP contribution is 2.29. The molecule has 2 fully saturated rings. The highest BCUT2D eigenvalue weighted by atomic mass is 32.2. The third kappa shape index (κ3) is 7.70. The van der Waals surface area contributed by atoms with Crippen molar-refractivity contribution in [2.45, 2.75) is 21.5 Å². The molecule has 3 heterocycles. The maximum Gasteiger partial charge on any atom is 0.175 e. The number of hydrogen-bond donors (Lipinski definition) is 0. The van der Waals surface area contributed by atoms with Gasteiger partial charge in [-0.2, -0.15) is 0 Å². The van der Waals surface area contributed by atoms with Crippen LogP contribution in [0.3, 0.4) is 0 Å². The second kappa shape index (κ2) is 11.7. The average Bonchev–Trinajstić information content (AvgIpc) is 3.12. The minimum atomic E-state index is 0.885. The molecule has 1 aromatic heterocycles. The fraction of sp³-hybridized carbons (Fsp3) is 0.875. The summed E-state index contributed by atoms with van der Waals surface area (Å²) in [6.07, 6.45) is 2.40. The SMILES string of the molecule is C(CSc1nnc(SCCCN2CCOCC2)s1)CN1CCOCC1. The van der Waals surface area contributed by atoms with E-state index in [-0.39, 0.29) is 0 Å². The average molecular weight is 405 g/mol. The molecule has 6 nitrogen and oxygen atoms in total. The molecule has 0 unspecified atom stereocenters. The summed E-state index contributed by atoms with van der Waals surface area (Å²) in [4.78, 5) is 4.97. The zero-order valence-electron chi connectivity index (χ0n) is 14.7. The van der Waals surface area contributed by atoms with Crippen molar-refractivity contribution in [1.29, 1.82) is 0 Å². The molecule has 9 heteroatoms. The van der Waals surface area contributed by atoms with Gasteiger partial charge in [0.15, 0.2) is 8.68 Å². The van der Waals surface area contributed by atoms with Gasteiger partial charge >= 0.3 is 0 Å². The second-order valence-corrected chi connectivity index (χ2v) is 9.81. The Hall–Kier alpha value is 0.1000. The summed E-state index contributed by atoms with van der Waals surface area (Å²) in [6, 6.07) is 0. The van der Waals surface area contributed by atoms with E-state index < -0.39 is 0 Å². The third-order valence-electron chi connectivity index (χ3n) is 4.28. The summed E-state index contributed by atoms with van der Waals surface area (Å²) in [7, 11) is 0. The maximum absolute atomic E-state index is 5.38. The number of thioether (sulfide) groups is 2. The van der Waals surface area contributed by atoms with Crippen LogP contribution in [-0.2, 0) is 9.47 Å². The van der Waals surface area contributed by atoms with E-state index in [1.807, 2.05) is 23.5 Å². The fourth-order valence-electron chi connectivity index (χ4n) is 2.86. The van der Waals surface area contributed by atoms with Crippen LogP contribution in [0.15, 0.2) is 8.68 Å². The van der Waals surface area contributed by atoms with E-state index in [9.17, 15) is 0 Å². The van der Waals surface area contributed by atoms with Crippen molar-refractivity contribution in [3.63, 3.8) is 0 Å². The van der Waals surface area contributed by atoms with Crippen LogP contribution < -0.4 is 0 Å². The molecular weight excluding hydrogens is 376 g/mol. The summed E-state index contributed by atoms with van der Waals surface area (Å²) in [5, 5.41) is 8.64. The van der Waals surface area contributed by atoms with Crippen molar-refractivity contribution in [2.75, 3.05) is 77.2 Å². The number of rotatable bonds is 10. The number of morpholine rings is 2. The fourth-order valence-corrected chi connectivity index (χ4v) is 5.87. The largest absolute Gasteiger partial charge is 0.379 e. The normalized spacial score (nSPS) is 20.2. The molecule has 0 bridgehead atoms. The Balaban J connectivity index is 1.23. The Morgan fingerprint density at radius 1 is 0.760 bits per heavy atom. The summed E-state index contributed by atoms with van der Waals surface area (Å²) < 4.78 is 13.0. The molecule has 0 spiro atoms. The van der Waals surface area contributed by atoms with Crippen LogP contribution in [0.1, 0.15) is 12.8 Å². The molecule has 25 heavy (non-hydrogen) atoms.